The molecular weight excluding hydrogens is 333 g/mol. The summed E-state index contributed by atoms with van der Waals surface area (Å²) in [6.07, 6.45) is 4.36. The molecule has 0 spiro atoms. The number of carbonyl (C=O) groups excluding carboxylic acids is 1. The second-order valence-corrected chi connectivity index (χ2v) is 6.39. The maximum Gasteiger partial charge on any atom is 0.321 e. The first-order valence-corrected chi connectivity index (χ1v) is 8.57. The molecule has 1 aliphatic rings. The number of ether oxygens (including phenoxy) is 1. The number of hydrogen-bond acceptors (Lipinski definition) is 3. The SMILES string of the molecule is COc1ccc(NC(=O)N2CC/C(=C\c3cccc(F)c3)C(C)C2)cn1. The predicted octanol–water partition coefficient (Wildman–Crippen LogP) is 4.19. The zero-order valence-electron chi connectivity index (χ0n) is 14.9. The standard InChI is InChI=1S/C20H22FN3O2/c1-14-13-24(20(25)23-18-6-7-19(26-2)22-12-18)9-8-16(14)10-15-4-3-5-17(21)11-15/h3-7,10-12,14H,8-9,13H2,1-2H3,(H,23,25)/b16-10+. The summed E-state index contributed by atoms with van der Waals surface area (Å²) in [5, 5.41) is 2.86. The van der Waals surface area contributed by atoms with Crippen LogP contribution in [0.15, 0.2) is 48.2 Å². The van der Waals surface area contributed by atoms with Crippen LogP contribution < -0.4 is 10.1 Å². The number of carbonyl (C=O) groups is 1. The molecule has 1 fully saturated rings. The highest BCUT2D eigenvalue weighted by Crippen LogP contribution is 2.25. The van der Waals surface area contributed by atoms with E-state index in [1.54, 1.807) is 36.4 Å². The number of pyridine rings is 1. The van der Waals surface area contributed by atoms with Gasteiger partial charge < -0.3 is 15.0 Å². The number of rotatable bonds is 3. The van der Waals surface area contributed by atoms with Gasteiger partial charge >= 0.3 is 6.03 Å². The highest BCUT2D eigenvalue weighted by Gasteiger charge is 2.24. The molecule has 5 nitrogen and oxygen atoms in total. The zero-order valence-corrected chi connectivity index (χ0v) is 14.9. The van der Waals surface area contributed by atoms with E-state index in [4.69, 9.17) is 4.74 Å². The molecule has 136 valence electrons. The third-order valence-electron chi connectivity index (χ3n) is 4.48. The van der Waals surface area contributed by atoms with E-state index in [0.717, 1.165) is 12.0 Å². The van der Waals surface area contributed by atoms with Gasteiger partial charge in [0.25, 0.3) is 0 Å². The van der Waals surface area contributed by atoms with E-state index in [1.165, 1.54) is 17.7 Å². The monoisotopic (exact) mass is 355 g/mol. The summed E-state index contributed by atoms with van der Waals surface area (Å²) in [6.45, 7) is 3.33. The molecule has 1 saturated heterocycles. The molecule has 0 aliphatic carbocycles. The van der Waals surface area contributed by atoms with Crippen LogP contribution in [0.25, 0.3) is 6.08 Å². The van der Waals surface area contributed by atoms with Crippen molar-refractivity contribution in [2.45, 2.75) is 13.3 Å². The first-order valence-electron chi connectivity index (χ1n) is 8.57. The van der Waals surface area contributed by atoms with E-state index >= 15 is 0 Å². The van der Waals surface area contributed by atoms with Crippen molar-refractivity contribution >= 4 is 17.8 Å². The molecule has 1 unspecified atom stereocenters. The Morgan fingerprint density at radius 2 is 2.23 bits per heavy atom. The van der Waals surface area contributed by atoms with E-state index in [1.807, 2.05) is 12.1 Å². The Bertz CT molecular complexity index is 805. The van der Waals surface area contributed by atoms with Crippen LogP contribution in [0.5, 0.6) is 5.88 Å². The fourth-order valence-electron chi connectivity index (χ4n) is 3.04. The third-order valence-corrected chi connectivity index (χ3v) is 4.48. The number of halogens is 1. The van der Waals surface area contributed by atoms with Crippen molar-refractivity contribution in [2.75, 3.05) is 25.5 Å². The molecule has 1 atom stereocenters. The number of methoxy groups -OCH3 is 1. The van der Waals surface area contributed by atoms with Gasteiger partial charge in [0.15, 0.2) is 0 Å². The van der Waals surface area contributed by atoms with Crippen LogP contribution in [-0.2, 0) is 0 Å². The van der Waals surface area contributed by atoms with Gasteiger partial charge in [-0.3, -0.25) is 0 Å². The van der Waals surface area contributed by atoms with Crippen LogP contribution in [0, 0.1) is 11.7 Å². The molecule has 3 rings (SSSR count). The molecule has 2 amide bonds. The molecule has 6 heteroatoms. The summed E-state index contributed by atoms with van der Waals surface area (Å²) in [4.78, 5) is 18.3. The summed E-state index contributed by atoms with van der Waals surface area (Å²) in [7, 11) is 1.55. The van der Waals surface area contributed by atoms with Crippen LogP contribution in [0.2, 0.25) is 0 Å². The van der Waals surface area contributed by atoms with E-state index in [9.17, 15) is 9.18 Å². The molecule has 2 heterocycles. The van der Waals surface area contributed by atoms with Crippen molar-refractivity contribution in [3.05, 3.63) is 59.5 Å². The number of anilines is 1. The Labute approximate surface area is 152 Å². The summed E-state index contributed by atoms with van der Waals surface area (Å²) < 4.78 is 18.3. The number of likely N-dealkylation sites (tertiary alicyclic amines) is 1. The minimum Gasteiger partial charge on any atom is -0.481 e. The average molecular weight is 355 g/mol. The minimum absolute atomic E-state index is 0.145. The second-order valence-electron chi connectivity index (χ2n) is 6.39. The highest BCUT2D eigenvalue weighted by atomic mass is 19.1. The lowest BCUT2D eigenvalue weighted by atomic mass is 9.91. The normalized spacial score (nSPS) is 18.7. The molecule has 2 aromatic rings. The number of urea groups is 1. The van der Waals surface area contributed by atoms with Gasteiger partial charge in [-0.05, 0) is 36.1 Å². The van der Waals surface area contributed by atoms with Gasteiger partial charge in [0.2, 0.25) is 5.88 Å². The number of nitrogens with one attached hydrogen (secondary N) is 1. The predicted molar refractivity (Wildman–Crippen MR) is 99.5 cm³/mol. The smallest absolute Gasteiger partial charge is 0.321 e. The Morgan fingerprint density at radius 3 is 2.88 bits per heavy atom. The largest absolute Gasteiger partial charge is 0.481 e. The Balaban J connectivity index is 1.61. The lowest BCUT2D eigenvalue weighted by Gasteiger charge is -2.33. The molecular formula is C20H22FN3O2. The number of amides is 2. The van der Waals surface area contributed by atoms with Gasteiger partial charge in [0.05, 0.1) is 19.0 Å². The lowest BCUT2D eigenvalue weighted by molar-refractivity contribution is 0.198. The summed E-state index contributed by atoms with van der Waals surface area (Å²) in [5.41, 5.74) is 2.71. The van der Waals surface area contributed by atoms with Crippen LogP contribution in [-0.4, -0.2) is 36.1 Å². The molecule has 1 aromatic heterocycles. The second kappa shape index (κ2) is 7.99. The number of nitrogens with zero attached hydrogens (tertiary/aromatic N) is 2. The molecule has 0 saturated carbocycles. The van der Waals surface area contributed by atoms with E-state index < -0.39 is 0 Å². The summed E-state index contributed by atoms with van der Waals surface area (Å²) in [5.74, 6) is 0.477. The van der Waals surface area contributed by atoms with Gasteiger partial charge in [-0.25, -0.2) is 14.2 Å². The van der Waals surface area contributed by atoms with E-state index in [-0.39, 0.29) is 17.8 Å². The summed E-state index contributed by atoms with van der Waals surface area (Å²) in [6, 6.07) is 9.87. The van der Waals surface area contributed by atoms with Crippen molar-refractivity contribution in [3.8, 4) is 5.88 Å². The van der Waals surface area contributed by atoms with Crippen molar-refractivity contribution in [2.24, 2.45) is 5.92 Å². The Hall–Kier alpha value is -2.89. The van der Waals surface area contributed by atoms with Gasteiger partial charge in [-0.2, -0.15) is 0 Å². The Kier molecular flexibility index (Phi) is 5.51. The maximum absolute atomic E-state index is 13.3. The zero-order chi connectivity index (χ0) is 18.5. The number of aromatic nitrogens is 1. The van der Waals surface area contributed by atoms with Crippen molar-refractivity contribution in [1.82, 2.24) is 9.88 Å². The van der Waals surface area contributed by atoms with Crippen LogP contribution in [0.3, 0.4) is 0 Å². The lowest BCUT2D eigenvalue weighted by Crippen LogP contribution is -2.42. The van der Waals surface area contributed by atoms with Gasteiger partial charge in [-0.1, -0.05) is 30.7 Å². The number of hydrogen-bond donors (Lipinski definition) is 1. The Morgan fingerprint density at radius 1 is 1.38 bits per heavy atom. The fourth-order valence-corrected chi connectivity index (χ4v) is 3.04. The first-order chi connectivity index (χ1) is 12.5. The van der Waals surface area contributed by atoms with Crippen LogP contribution >= 0.6 is 0 Å². The quantitative estimate of drug-likeness (QED) is 0.898. The van der Waals surface area contributed by atoms with Crippen LogP contribution in [0.4, 0.5) is 14.9 Å². The number of piperidine rings is 1. The topological polar surface area (TPSA) is 54.5 Å². The first kappa shape index (κ1) is 17.9. The minimum atomic E-state index is -0.239. The van der Waals surface area contributed by atoms with Crippen molar-refractivity contribution in [3.63, 3.8) is 0 Å². The molecule has 1 N–H and O–H groups in total. The molecule has 26 heavy (non-hydrogen) atoms. The van der Waals surface area contributed by atoms with Crippen molar-refractivity contribution < 1.29 is 13.9 Å². The van der Waals surface area contributed by atoms with Crippen LogP contribution in [0.1, 0.15) is 18.9 Å². The fraction of sp³-hybridized carbons (Fsp3) is 0.300. The number of benzene rings is 1. The maximum atomic E-state index is 13.3. The molecule has 1 aromatic carbocycles. The third kappa shape index (κ3) is 4.39. The molecule has 0 radical (unpaired) electrons. The average Bonchev–Trinajstić information content (AvgIpc) is 2.64. The molecule has 1 aliphatic heterocycles. The summed E-state index contributed by atoms with van der Waals surface area (Å²) >= 11 is 0. The van der Waals surface area contributed by atoms with Gasteiger partial charge in [0.1, 0.15) is 5.82 Å². The van der Waals surface area contributed by atoms with Gasteiger partial charge in [-0.15, -0.1) is 0 Å². The highest BCUT2D eigenvalue weighted by molar-refractivity contribution is 5.89. The van der Waals surface area contributed by atoms with E-state index in [0.29, 0.717) is 24.7 Å². The molecule has 0 bridgehead atoms. The van der Waals surface area contributed by atoms with Gasteiger partial charge in [0, 0.05) is 19.2 Å². The van der Waals surface area contributed by atoms with Crippen molar-refractivity contribution in [1.29, 1.82) is 0 Å². The van der Waals surface area contributed by atoms with E-state index in [2.05, 4.69) is 17.2 Å².